The van der Waals surface area contributed by atoms with Crippen LogP contribution in [0.25, 0.3) is 10.9 Å². The van der Waals surface area contributed by atoms with Crippen molar-refractivity contribution in [3.05, 3.63) is 23.9 Å². The third-order valence-electron chi connectivity index (χ3n) is 2.56. The number of anilines is 1. The fourth-order valence-electron chi connectivity index (χ4n) is 1.71. The molecule has 2 rings (SSSR count). The van der Waals surface area contributed by atoms with Crippen molar-refractivity contribution in [3.63, 3.8) is 0 Å². The van der Waals surface area contributed by atoms with Gasteiger partial charge in [0.15, 0.2) is 0 Å². The van der Waals surface area contributed by atoms with E-state index >= 15 is 0 Å². The molecule has 0 aliphatic rings. The van der Waals surface area contributed by atoms with Gasteiger partial charge in [-0.05, 0) is 26.0 Å². The predicted octanol–water partition coefficient (Wildman–Crippen LogP) is 2.40. The molecule has 0 aliphatic carbocycles. The molecule has 0 aliphatic heterocycles. The van der Waals surface area contributed by atoms with E-state index in [9.17, 15) is 0 Å². The molecule has 0 unspecified atom stereocenters. The highest BCUT2D eigenvalue weighted by atomic mass is 16.5. The zero-order valence-corrected chi connectivity index (χ0v) is 10.7. The van der Waals surface area contributed by atoms with Crippen LogP contribution in [-0.2, 0) is 0 Å². The average Bonchev–Trinajstić information content (AvgIpc) is 2.28. The Hall–Kier alpha value is -1.84. The van der Waals surface area contributed by atoms with Crippen LogP contribution in [-0.4, -0.2) is 30.7 Å². The first kappa shape index (κ1) is 11.6. The van der Waals surface area contributed by atoms with Gasteiger partial charge in [-0.25, -0.2) is 9.97 Å². The number of hydrogen-bond acceptors (Lipinski definition) is 4. The lowest BCUT2D eigenvalue weighted by molar-refractivity contribution is 0.340. The van der Waals surface area contributed by atoms with Crippen LogP contribution in [0.2, 0.25) is 0 Å². The van der Waals surface area contributed by atoms with E-state index in [-0.39, 0.29) is 0 Å². The van der Waals surface area contributed by atoms with E-state index in [1.54, 1.807) is 0 Å². The largest absolute Gasteiger partial charge is 0.494 e. The Morgan fingerprint density at radius 1 is 1.24 bits per heavy atom. The summed E-state index contributed by atoms with van der Waals surface area (Å²) in [5.74, 6) is 1.58. The van der Waals surface area contributed by atoms with Gasteiger partial charge in [-0.3, -0.25) is 0 Å². The van der Waals surface area contributed by atoms with E-state index in [0.717, 1.165) is 28.3 Å². The molecule has 1 aromatic heterocycles. The van der Waals surface area contributed by atoms with Crippen molar-refractivity contribution in [1.29, 1.82) is 0 Å². The first-order chi connectivity index (χ1) is 8.11. The van der Waals surface area contributed by atoms with Gasteiger partial charge in [-0.1, -0.05) is 0 Å². The fraction of sp³-hybridized carbons (Fsp3) is 0.385. The lowest BCUT2D eigenvalue weighted by Crippen LogP contribution is -2.13. The maximum atomic E-state index is 5.48. The number of ether oxygens (including phenoxy) is 1. The SMILES string of the molecule is CCOc1ccc2c(C)nc(N(C)C)nc2c1. The van der Waals surface area contributed by atoms with Crippen LogP contribution in [0.1, 0.15) is 12.6 Å². The number of aryl methyl sites for hydroxylation is 1. The Morgan fingerprint density at radius 3 is 2.65 bits per heavy atom. The maximum absolute atomic E-state index is 5.48. The van der Waals surface area contributed by atoms with Gasteiger partial charge in [0, 0.05) is 25.5 Å². The highest BCUT2D eigenvalue weighted by Gasteiger charge is 2.06. The number of nitrogens with zero attached hydrogens (tertiary/aromatic N) is 3. The summed E-state index contributed by atoms with van der Waals surface area (Å²) in [6.07, 6.45) is 0. The number of benzene rings is 1. The molecule has 0 fully saturated rings. The molecule has 0 radical (unpaired) electrons. The Kier molecular flexibility index (Phi) is 3.13. The summed E-state index contributed by atoms with van der Waals surface area (Å²) in [6, 6.07) is 5.92. The fourth-order valence-corrected chi connectivity index (χ4v) is 1.71. The standard InChI is InChI=1S/C13H17N3O/c1-5-17-10-6-7-11-9(2)14-13(16(3)4)15-12(11)8-10/h6-8H,5H2,1-4H3. The smallest absolute Gasteiger partial charge is 0.225 e. The van der Waals surface area contributed by atoms with Gasteiger partial charge in [0.2, 0.25) is 5.95 Å². The van der Waals surface area contributed by atoms with Gasteiger partial charge in [0.1, 0.15) is 5.75 Å². The predicted molar refractivity (Wildman–Crippen MR) is 69.8 cm³/mol. The van der Waals surface area contributed by atoms with Crippen LogP contribution in [0, 0.1) is 6.92 Å². The molecule has 0 bridgehead atoms. The van der Waals surface area contributed by atoms with Crippen molar-refractivity contribution < 1.29 is 4.74 Å². The second-order valence-electron chi connectivity index (χ2n) is 4.12. The van der Waals surface area contributed by atoms with E-state index in [1.165, 1.54) is 0 Å². The summed E-state index contributed by atoms with van der Waals surface area (Å²) in [5.41, 5.74) is 1.91. The molecule has 0 spiro atoms. The second kappa shape index (κ2) is 4.57. The lowest BCUT2D eigenvalue weighted by atomic mass is 10.2. The van der Waals surface area contributed by atoms with Gasteiger partial charge in [-0.15, -0.1) is 0 Å². The molecule has 90 valence electrons. The number of rotatable bonds is 3. The number of hydrogen-bond donors (Lipinski definition) is 0. The monoisotopic (exact) mass is 231 g/mol. The minimum Gasteiger partial charge on any atom is -0.494 e. The summed E-state index contributed by atoms with van der Waals surface area (Å²) < 4.78 is 5.48. The third-order valence-corrected chi connectivity index (χ3v) is 2.56. The second-order valence-corrected chi connectivity index (χ2v) is 4.12. The van der Waals surface area contributed by atoms with Gasteiger partial charge in [0.05, 0.1) is 17.8 Å². The van der Waals surface area contributed by atoms with Crippen LogP contribution in [0.4, 0.5) is 5.95 Å². The lowest BCUT2D eigenvalue weighted by Gasteiger charge is -2.12. The molecule has 17 heavy (non-hydrogen) atoms. The minimum absolute atomic E-state index is 0.663. The van der Waals surface area contributed by atoms with Gasteiger partial charge in [-0.2, -0.15) is 0 Å². The van der Waals surface area contributed by atoms with Crippen molar-refractivity contribution in [2.24, 2.45) is 0 Å². The first-order valence-electron chi connectivity index (χ1n) is 5.70. The molecule has 0 saturated heterocycles. The molecule has 0 atom stereocenters. The average molecular weight is 231 g/mol. The van der Waals surface area contributed by atoms with E-state index in [0.29, 0.717) is 6.61 Å². The van der Waals surface area contributed by atoms with Gasteiger partial charge < -0.3 is 9.64 Å². The van der Waals surface area contributed by atoms with E-state index in [1.807, 2.05) is 51.0 Å². The highest BCUT2D eigenvalue weighted by molar-refractivity contribution is 5.83. The zero-order chi connectivity index (χ0) is 12.4. The zero-order valence-electron chi connectivity index (χ0n) is 10.7. The van der Waals surface area contributed by atoms with Crippen LogP contribution in [0.3, 0.4) is 0 Å². The number of aromatic nitrogens is 2. The third kappa shape index (κ3) is 2.30. The summed E-state index contributed by atoms with van der Waals surface area (Å²) in [7, 11) is 3.88. The van der Waals surface area contributed by atoms with E-state index in [2.05, 4.69) is 9.97 Å². The topological polar surface area (TPSA) is 38.2 Å². The molecule has 4 nitrogen and oxygen atoms in total. The van der Waals surface area contributed by atoms with E-state index < -0.39 is 0 Å². The van der Waals surface area contributed by atoms with Crippen LogP contribution in [0.15, 0.2) is 18.2 Å². The minimum atomic E-state index is 0.663. The van der Waals surface area contributed by atoms with Gasteiger partial charge in [0.25, 0.3) is 0 Å². The molecule has 0 N–H and O–H groups in total. The summed E-state index contributed by atoms with van der Waals surface area (Å²) in [4.78, 5) is 10.9. The van der Waals surface area contributed by atoms with Crippen molar-refractivity contribution in [1.82, 2.24) is 9.97 Å². The first-order valence-corrected chi connectivity index (χ1v) is 5.70. The Balaban J connectivity index is 2.58. The summed E-state index contributed by atoms with van der Waals surface area (Å²) >= 11 is 0. The molecular formula is C13H17N3O. The van der Waals surface area contributed by atoms with Crippen molar-refractivity contribution in [3.8, 4) is 5.75 Å². The number of fused-ring (bicyclic) bond motifs is 1. The van der Waals surface area contributed by atoms with Crippen LogP contribution in [0.5, 0.6) is 5.75 Å². The Labute approximate surface area is 101 Å². The molecule has 0 amide bonds. The maximum Gasteiger partial charge on any atom is 0.225 e. The molecule has 4 heteroatoms. The van der Waals surface area contributed by atoms with E-state index in [4.69, 9.17) is 4.74 Å². The molecule has 0 saturated carbocycles. The molecule has 1 heterocycles. The molecular weight excluding hydrogens is 214 g/mol. The summed E-state index contributed by atoms with van der Waals surface area (Å²) in [6.45, 7) is 4.63. The Bertz CT molecular complexity index is 537. The highest BCUT2D eigenvalue weighted by Crippen LogP contribution is 2.23. The summed E-state index contributed by atoms with van der Waals surface area (Å²) in [5, 5.41) is 1.07. The Morgan fingerprint density at radius 2 is 2.00 bits per heavy atom. The van der Waals surface area contributed by atoms with Crippen molar-refractivity contribution >= 4 is 16.9 Å². The van der Waals surface area contributed by atoms with Crippen molar-refractivity contribution in [2.75, 3.05) is 25.6 Å². The normalized spacial score (nSPS) is 10.6. The van der Waals surface area contributed by atoms with Crippen LogP contribution < -0.4 is 9.64 Å². The van der Waals surface area contributed by atoms with Gasteiger partial charge >= 0.3 is 0 Å². The molecule has 2 aromatic rings. The molecule has 1 aromatic carbocycles. The van der Waals surface area contributed by atoms with Crippen molar-refractivity contribution in [2.45, 2.75) is 13.8 Å². The quantitative estimate of drug-likeness (QED) is 0.813. The van der Waals surface area contributed by atoms with Crippen LogP contribution >= 0.6 is 0 Å².